The quantitative estimate of drug-likeness (QED) is 0.398. The Morgan fingerprint density at radius 2 is 1.69 bits per heavy atom. The zero-order chi connectivity index (χ0) is 23.8. The van der Waals surface area contributed by atoms with Gasteiger partial charge in [-0.2, -0.15) is 4.98 Å². The maximum atomic E-state index is 5.95. The third kappa shape index (κ3) is 4.04. The number of aromatic nitrogens is 6. The van der Waals surface area contributed by atoms with Crippen LogP contribution in [-0.2, 0) is 0 Å². The van der Waals surface area contributed by atoms with Crippen molar-refractivity contribution in [2.24, 2.45) is 0 Å². The summed E-state index contributed by atoms with van der Waals surface area (Å²) in [6.07, 6.45) is 5.14. The lowest BCUT2D eigenvalue weighted by molar-refractivity contribution is 0.331. The molecule has 1 N–H and O–H groups in total. The van der Waals surface area contributed by atoms with Crippen molar-refractivity contribution >= 4 is 37.7 Å². The van der Waals surface area contributed by atoms with Gasteiger partial charge < -0.3 is 15.0 Å². The van der Waals surface area contributed by atoms with Crippen molar-refractivity contribution in [2.45, 2.75) is 13.8 Å². The van der Waals surface area contributed by atoms with E-state index in [1.165, 1.54) is 6.33 Å². The Morgan fingerprint density at radius 1 is 0.943 bits per heavy atom. The van der Waals surface area contributed by atoms with Crippen molar-refractivity contribution in [1.82, 2.24) is 35.2 Å². The molecule has 1 aliphatic rings. The molecule has 0 spiro atoms. The Balaban J connectivity index is 1.44. The van der Waals surface area contributed by atoms with Gasteiger partial charge in [-0.05, 0) is 19.4 Å². The fraction of sp³-hybridized carbons (Fsp3) is 0.280. The van der Waals surface area contributed by atoms with E-state index in [2.05, 4.69) is 20.2 Å². The Kier molecular flexibility index (Phi) is 5.67. The maximum Gasteiger partial charge on any atom is 0.236 e. The van der Waals surface area contributed by atoms with Crippen LogP contribution in [0.5, 0.6) is 5.88 Å². The lowest BCUT2D eigenvalue weighted by Gasteiger charge is -2.27. The van der Waals surface area contributed by atoms with E-state index in [1.807, 2.05) is 38.1 Å². The lowest BCUT2D eigenvalue weighted by Crippen LogP contribution is -2.44. The molecule has 9 nitrogen and oxygen atoms in total. The summed E-state index contributed by atoms with van der Waals surface area (Å²) >= 11 is 1.56. The van der Waals surface area contributed by atoms with Gasteiger partial charge in [-0.25, -0.2) is 24.9 Å². The van der Waals surface area contributed by atoms with Gasteiger partial charge in [0.25, 0.3) is 0 Å². The van der Waals surface area contributed by atoms with Gasteiger partial charge in [0.1, 0.15) is 21.4 Å². The number of fused-ring (bicyclic) bond motifs is 3. The highest BCUT2D eigenvalue weighted by Crippen LogP contribution is 2.39. The summed E-state index contributed by atoms with van der Waals surface area (Å²) in [4.78, 5) is 30.8. The predicted octanol–water partition coefficient (Wildman–Crippen LogP) is 3.88. The van der Waals surface area contributed by atoms with E-state index in [4.69, 9.17) is 24.7 Å². The first-order chi connectivity index (χ1) is 17.2. The summed E-state index contributed by atoms with van der Waals surface area (Å²) in [7, 11) is 0. The number of nitrogens with zero attached hydrogens (tertiary/aromatic N) is 7. The number of benzene rings is 1. The largest absolute Gasteiger partial charge is 0.477 e. The second kappa shape index (κ2) is 9.12. The average molecular weight is 485 g/mol. The fourth-order valence-corrected chi connectivity index (χ4v) is 5.41. The minimum Gasteiger partial charge on any atom is -0.477 e. The predicted molar refractivity (Wildman–Crippen MR) is 138 cm³/mol. The number of anilines is 1. The molecule has 0 bridgehead atoms. The van der Waals surface area contributed by atoms with E-state index in [9.17, 15) is 0 Å². The monoisotopic (exact) mass is 484 g/mol. The Hall–Kier alpha value is -3.76. The van der Waals surface area contributed by atoms with Gasteiger partial charge in [-0.1, -0.05) is 24.3 Å². The van der Waals surface area contributed by atoms with Gasteiger partial charge in [0, 0.05) is 49.7 Å². The molecule has 4 aromatic heterocycles. The van der Waals surface area contributed by atoms with Crippen LogP contribution in [0.25, 0.3) is 42.9 Å². The molecule has 6 rings (SSSR count). The summed E-state index contributed by atoms with van der Waals surface area (Å²) in [6, 6.07) is 8.15. The van der Waals surface area contributed by atoms with Crippen LogP contribution in [-0.4, -0.2) is 62.7 Å². The van der Waals surface area contributed by atoms with Crippen LogP contribution in [0.15, 0.2) is 43.0 Å². The summed E-state index contributed by atoms with van der Waals surface area (Å²) in [5, 5.41) is 4.34. The molecule has 1 aromatic carbocycles. The number of rotatable bonds is 5. The summed E-state index contributed by atoms with van der Waals surface area (Å²) in [5.41, 5.74) is 4.72. The third-order valence-electron chi connectivity index (χ3n) is 6.03. The molecule has 5 aromatic rings. The van der Waals surface area contributed by atoms with Crippen LogP contribution in [0.3, 0.4) is 0 Å². The zero-order valence-electron chi connectivity index (χ0n) is 19.5. The SMILES string of the molecule is CCOc1nc(N2CCNCC2)nc2c1sc1nc(-c3ccc(-c4cncnc4)cc3)nc(C)c12. The molecular formula is C25H24N8OS. The molecule has 0 aliphatic carbocycles. The molecule has 35 heavy (non-hydrogen) atoms. The van der Waals surface area contributed by atoms with Crippen molar-refractivity contribution in [2.75, 3.05) is 37.7 Å². The average Bonchev–Trinajstić information content (AvgIpc) is 3.29. The highest BCUT2D eigenvalue weighted by atomic mass is 32.1. The number of nitrogens with one attached hydrogen (secondary N) is 1. The summed E-state index contributed by atoms with van der Waals surface area (Å²) in [5.74, 6) is 2.00. The number of aryl methyl sites for hydroxylation is 1. The molecular weight excluding hydrogens is 460 g/mol. The first kappa shape index (κ1) is 21.8. The van der Waals surface area contributed by atoms with Gasteiger partial charge in [0.15, 0.2) is 5.82 Å². The number of piperazine rings is 1. The van der Waals surface area contributed by atoms with Crippen molar-refractivity contribution in [3.8, 4) is 28.4 Å². The first-order valence-corrected chi connectivity index (χ1v) is 12.5. The number of hydrogen-bond donors (Lipinski definition) is 1. The van der Waals surface area contributed by atoms with Crippen molar-refractivity contribution in [3.63, 3.8) is 0 Å². The summed E-state index contributed by atoms with van der Waals surface area (Å²) in [6.45, 7) is 8.08. The van der Waals surface area contributed by atoms with Crippen LogP contribution in [0.4, 0.5) is 5.95 Å². The topological polar surface area (TPSA) is 102 Å². The van der Waals surface area contributed by atoms with E-state index in [0.29, 0.717) is 24.3 Å². The van der Waals surface area contributed by atoms with Crippen LogP contribution < -0.4 is 15.0 Å². The second-order valence-electron chi connectivity index (χ2n) is 8.30. The highest BCUT2D eigenvalue weighted by molar-refractivity contribution is 7.25. The van der Waals surface area contributed by atoms with Crippen LogP contribution in [0.1, 0.15) is 12.6 Å². The standard InChI is InChI=1S/C25H24N8OS/c1-3-34-23-21-20(30-25(32-23)33-10-8-26-9-11-33)19-15(2)29-22(31-24(19)35-21)17-6-4-16(5-7-17)18-12-27-14-28-13-18/h4-7,12-14,26H,3,8-11H2,1-2H3. The van der Waals surface area contributed by atoms with E-state index in [0.717, 1.165) is 69.0 Å². The molecule has 5 heterocycles. The minimum atomic E-state index is 0.538. The third-order valence-corrected chi connectivity index (χ3v) is 7.09. The molecule has 0 atom stereocenters. The fourth-order valence-electron chi connectivity index (χ4n) is 4.30. The van der Waals surface area contributed by atoms with Crippen LogP contribution in [0, 0.1) is 6.92 Å². The van der Waals surface area contributed by atoms with E-state index in [1.54, 1.807) is 23.7 Å². The minimum absolute atomic E-state index is 0.538. The second-order valence-corrected chi connectivity index (χ2v) is 9.29. The smallest absolute Gasteiger partial charge is 0.236 e. The molecule has 1 aliphatic heterocycles. The van der Waals surface area contributed by atoms with Gasteiger partial charge in [-0.3, -0.25) is 0 Å². The first-order valence-electron chi connectivity index (χ1n) is 11.6. The van der Waals surface area contributed by atoms with Crippen molar-refractivity contribution in [1.29, 1.82) is 0 Å². The van der Waals surface area contributed by atoms with Crippen molar-refractivity contribution in [3.05, 3.63) is 48.7 Å². The molecule has 1 fully saturated rings. The molecule has 0 amide bonds. The van der Waals surface area contributed by atoms with E-state index < -0.39 is 0 Å². The Labute approximate surface area is 206 Å². The van der Waals surface area contributed by atoms with Gasteiger partial charge in [0.05, 0.1) is 17.7 Å². The molecule has 0 saturated carbocycles. The lowest BCUT2D eigenvalue weighted by atomic mass is 10.1. The maximum absolute atomic E-state index is 5.95. The van der Waals surface area contributed by atoms with Gasteiger partial charge in [-0.15, -0.1) is 11.3 Å². The molecule has 176 valence electrons. The Morgan fingerprint density at radius 3 is 2.43 bits per heavy atom. The number of thiophene rings is 1. The van der Waals surface area contributed by atoms with E-state index >= 15 is 0 Å². The zero-order valence-corrected chi connectivity index (χ0v) is 20.3. The highest BCUT2D eigenvalue weighted by Gasteiger charge is 2.22. The molecule has 0 unspecified atom stereocenters. The van der Waals surface area contributed by atoms with Crippen LogP contribution >= 0.6 is 11.3 Å². The van der Waals surface area contributed by atoms with Gasteiger partial charge >= 0.3 is 0 Å². The normalized spacial score (nSPS) is 14.1. The molecule has 0 radical (unpaired) electrons. The van der Waals surface area contributed by atoms with Gasteiger partial charge in [0.2, 0.25) is 11.8 Å². The molecule has 10 heteroatoms. The number of ether oxygens (including phenoxy) is 1. The summed E-state index contributed by atoms with van der Waals surface area (Å²) < 4.78 is 6.86. The molecule has 1 saturated heterocycles. The number of hydrogen-bond acceptors (Lipinski definition) is 10. The van der Waals surface area contributed by atoms with E-state index in [-0.39, 0.29) is 0 Å². The van der Waals surface area contributed by atoms with Crippen LogP contribution in [0.2, 0.25) is 0 Å². The Bertz CT molecular complexity index is 1500. The van der Waals surface area contributed by atoms with Crippen molar-refractivity contribution < 1.29 is 4.74 Å².